The van der Waals surface area contributed by atoms with Gasteiger partial charge in [-0.15, -0.1) is 0 Å². The fraction of sp³-hybridized carbons (Fsp3) is 0.667. The van der Waals surface area contributed by atoms with Crippen LogP contribution in [0, 0.1) is 0 Å². The van der Waals surface area contributed by atoms with E-state index in [0.29, 0.717) is 17.4 Å². The van der Waals surface area contributed by atoms with Crippen molar-refractivity contribution in [2.24, 2.45) is 0 Å². The molecule has 1 aromatic rings. The molecule has 0 N–H and O–H groups in total. The molecule has 1 saturated heterocycles. The van der Waals surface area contributed by atoms with Crippen LogP contribution in [-0.4, -0.2) is 35.3 Å². The Morgan fingerprint density at radius 3 is 3.12 bits per heavy atom. The maximum absolute atomic E-state index is 5.86. The van der Waals surface area contributed by atoms with E-state index in [1.807, 2.05) is 6.07 Å². The molecule has 2 fully saturated rings. The van der Waals surface area contributed by atoms with Crippen molar-refractivity contribution in [2.45, 2.75) is 37.8 Å². The van der Waals surface area contributed by atoms with Crippen LogP contribution >= 0.6 is 11.6 Å². The van der Waals surface area contributed by atoms with Crippen LogP contribution in [0.3, 0.4) is 0 Å². The van der Waals surface area contributed by atoms with Crippen molar-refractivity contribution in [3.05, 3.63) is 17.5 Å². The van der Waals surface area contributed by atoms with E-state index in [-0.39, 0.29) is 0 Å². The summed E-state index contributed by atoms with van der Waals surface area (Å²) in [6, 6.07) is 2.39. The van der Waals surface area contributed by atoms with Gasteiger partial charge in [-0.1, -0.05) is 12.8 Å². The molecule has 2 unspecified atom stereocenters. The zero-order valence-corrected chi connectivity index (χ0v) is 10.4. The van der Waals surface area contributed by atoms with Gasteiger partial charge in [-0.25, -0.2) is 9.97 Å². The fourth-order valence-electron chi connectivity index (χ4n) is 2.87. The van der Waals surface area contributed by atoms with Crippen LogP contribution in [-0.2, 0) is 4.74 Å². The summed E-state index contributed by atoms with van der Waals surface area (Å²) in [5, 5.41) is 0.321. The van der Waals surface area contributed by atoms with E-state index < -0.39 is 0 Å². The number of anilines is 1. The Hall–Kier alpha value is -0.870. The summed E-state index contributed by atoms with van der Waals surface area (Å²) in [6.07, 6.45) is 7.00. The second kappa shape index (κ2) is 4.78. The van der Waals surface area contributed by atoms with Crippen molar-refractivity contribution in [2.75, 3.05) is 18.1 Å². The number of fused-ring (bicyclic) bond motifs is 1. The van der Waals surface area contributed by atoms with Crippen LogP contribution < -0.4 is 4.90 Å². The summed E-state index contributed by atoms with van der Waals surface area (Å²) in [6.45, 7) is 1.68. The first-order valence-corrected chi connectivity index (χ1v) is 6.59. The molecule has 2 atom stereocenters. The van der Waals surface area contributed by atoms with Crippen molar-refractivity contribution >= 4 is 17.4 Å². The molecule has 0 spiro atoms. The smallest absolute Gasteiger partial charge is 0.224 e. The molecule has 1 aliphatic heterocycles. The van der Waals surface area contributed by atoms with Gasteiger partial charge in [0.15, 0.2) is 0 Å². The monoisotopic (exact) mass is 253 g/mol. The molecule has 2 heterocycles. The summed E-state index contributed by atoms with van der Waals surface area (Å²) in [4.78, 5) is 10.6. The maximum Gasteiger partial charge on any atom is 0.224 e. The highest BCUT2D eigenvalue weighted by molar-refractivity contribution is 6.28. The first-order valence-electron chi connectivity index (χ1n) is 6.21. The number of rotatable bonds is 1. The SMILES string of the molecule is Clc1nccc(N2CCOC3CCCCC32)n1. The molecular formula is C12H16ClN3O. The van der Waals surface area contributed by atoms with Gasteiger partial charge in [0, 0.05) is 12.7 Å². The lowest BCUT2D eigenvalue weighted by molar-refractivity contribution is -0.00899. The van der Waals surface area contributed by atoms with Crippen molar-refractivity contribution in [1.82, 2.24) is 9.97 Å². The highest BCUT2D eigenvalue weighted by Crippen LogP contribution is 2.31. The minimum Gasteiger partial charge on any atom is -0.374 e. The van der Waals surface area contributed by atoms with Crippen molar-refractivity contribution < 1.29 is 4.74 Å². The van der Waals surface area contributed by atoms with Crippen molar-refractivity contribution in [3.63, 3.8) is 0 Å². The van der Waals surface area contributed by atoms with E-state index in [9.17, 15) is 0 Å². The van der Waals surface area contributed by atoms with Gasteiger partial charge in [-0.3, -0.25) is 0 Å². The van der Waals surface area contributed by atoms with Crippen molar-refractivity contribution in [3.8, 4) is 0 Å². The third-order valence-corrected chi connectivity index (χ3v) is 3.82. The average Bonchev–Trinajstić information content (AvgIpc) is 2.38. The third kappa shape index (κ3) is 2.24. The van der Waals surface area contributed by atoms with Crippen LogP contribution in [0.2, 0.25) is 5.28 Å². The number of ether oxygens (including phenoxy) is 1. The number of morpholine rings is 1. The number of halogens is 1. The highest BCUT2D eigenvalue weighted by atomic mass is 35.5. The Bertz CT molecular complexity index is 399. The molecule has 1 aromatic heterocycles. The molecule has 17 heavy (non-hydrogen) atoms. The van der Waals surface area contributed by atoms with Crippen LogP contribution in [0.4, 0.5) is 5.82 Å². The highest BCUT2D eigenvalue weighted by Gasteiger charge is 2.34. The molecular weight excluding hydrogens is 238 g/mol. The lowest BCUT2D eigenvalue weighted by Gasteiger charge is -2.44. The van der Waals surface area contributed by atoms with E-state index >= 15 is 0 Å². The Morgan fingerprint density at radius 1 is 1.35 bits per heavy atom. The van der Waals surface area contributed by atoms with Crippen LogP contribution in [0.5, 0.6) is 0 Å². The zero-order chi connectivity index (χ0) is 11.7. The van der Waals surface area contributed by atoms with E-state index in [2.05, 4.69) is 14.9 Å². The van der Waals surface area contributed by atoms with Gasteiger partial charge in [-0.05, 0) is 30.5 Å². The van der Waals surface area contributed by atoms with E-state index in [1.54, 1.807) is 6.20 Å². The molecule has 92 valence electrons. The molecule has 0 aromatic carbocycles. The first-order chi connectivity index (χ1) is 8.34. The van der Waals surface area contributed by atoms with Crippen LogP contribution in [0.15, 0.2) is 12.3 Å². The number of hydrogen-bond donors (Lipinski definition) is 0. The molecule has 1 aliphatic carbocycles. The van der Waals surface area contributed by atoms with Gasteiger partial charge < -0.3 is 9.64 Å². The molecule has 0 bridgehead atoms. The average molecular weight is 254 g/mol. The number of aromatic nitrogens is 2. The maximum atomic E-state index is 5.86. The normalized spacial score (nSPS) is 28.9. The van der Waals surface area contributed by atoms with Crippen LogP contribution in [0.1, 0.15) is 25.7 Å². The lowest BCUT2D eigenvalue weighted by atomic mass is 9.90. The minimum absolute atomic E-state index is 0.321. The zero-order valence-electron chi connectivity index (χ0n) is 9.68. The molecule has 3 rings (SSSR count). The third-order valence-electron chi connectivity index (χ3n) is 3.64. The largest absolute Gasteiger partial charge is 0.374 e. The van der Waals surface area contributed by atoms with Gasteiger partial charge in [0.1, 0.15) is 5.82 Å². The molecule has 4 nitrogen and oxygen atoms in total. The molecule has 5 heteroatoms. The van der Waals surface area contributed by atoms with E-state index in [4.69, 9.17) is 16.3 Å². The molecule has 2 aliphatic rings. The molecule has 0 amide bonds. The first kappa shape index (κ1) is 11.2. The number of hydrogen-bond acceptors (Lipinski definition) is 4. The molecule has 1 saturated carbocycles. The Kier molecular flexibility index (Phi) is 3.16. The van der Waals surface area contributed by atoms with Gasteiger partial charge >= 0.3 is 0 Å². The fourth-order valence-corrected chi connectivity index (χ4v) is 3.01. The quantitative estimate of drug-likeness (QED) is 0.720. The van der Waals surface area contributed by atoms with Crippen molar-refractivity contribution in [1.29, 1.82) is 0 Å². The summed E-state index contributed by atoms with van der Waals surface area (Å²) in [5.74, 6) is 0.935. The Balaban J connectivity index is 1.85. The Morgan fingerprint density at radius 2 is 2.24 bits per heavy atom. The topological polar surface area (TPSA) is 38.2 Å². The standard InChI is InChI=1S/C12H16ClN3O/c13-12-14-6-5-11(15-12)16-7-8-17-10-4-2-1-3-9(10)16/h5-6,9-10H,1-4,7-8H2. The predicted octanol–water partition coefficient (Wildman–Crippen LogP) is 2.28. The van der Waals surface area contributed by atoms with E-state index in [0.717, 1.165) is 19.0 Å². The lowest BCUT2D eigenvalue weighted by Crippen LogP contribution is -2.53. The van der Waals surface area contributed by atoms with Gasteiger partial charge in [0.2, 0.25) is 5.28 Å². The summed E-state index contributed by atoms with van der Waals surface area (Å²) in [7, 11) is 0. The molecule has 0 radical (unpaired) electrons. The predicted molar refractivity (Wildman–Crippen MR) is 66.4 cm³/mol. The van der Waals surface area contributed by atoms with Gasteiger partial charge in [0.25, 0.3) is 0 Å². The Labute approximate surface area is 106 Å². The van der Waals surface area contributed by atoms with Gasteiger partial charge in [-0.2, -0.15) is 0 Å². The van der Waals surface area contributed by atoms with Crippen LogP contribution in [0.25, 0.3) is 0 Å². The summed E-state index contributed by atoms with van der Waals surface area (Å²) < 4.78 is 5.85. The number of nitrogens with zero attached hydrogens (tertiary/aromatic N) is 3. The summed E-state index contributed by atoms with van der Waals surface area (Å²) in [5.41, 5.74) is 0. The van der Waals surface area contributed by atoms with E-state index in [1.165, 1.54) is 25.7 Å². The second-order valence-electron chi connectivity index (χ2n) is 4.64. The second-order valence-corrected chi connectivity index (χ2v) is 4.98. The minimum atomic E-state index is 0.321. The van der Waals surface area contributed by atoms with Gasteiger partial charge in [0.05, 0.1) is 18.8 Å². The summed E-state index contributed by atoms with van der Waals surface area (Å²) >= 11 is 5.86.